The van der Waals surface area contributed by atoms with Gasteiger partial charge in [-0.2, -0.15) is 0 Å². The second kappa shape index (κ2) is 4.11. The summed E-state index contributed by atoms with van der Waals surface area (Å²) in [6.45, 7) is 6.37. The fourth-order valence-corrected chi connectivity index (χ4v) is 1.51. The summed E-state index contributed by atoms with van der Waals surface area (Å²) in [5, 5.41) is 0. The first kappa shape index (κ1) is 9.83. The number of rotatable bonds is 1. The monoisotopic (exact) mass is 280 g/mol. The number of hydrogen-bond donors (Lipinski definition) is 0. The van der Waals surface area contributed by atoms with Crippen molar-refractivity contribution in [2.24, 2.45) is 0 Å². The van der Waals surface area contributed by atoms with Gasteiger partial charge in [0.2, 0.25) is 0 Å². The van der Waals surface area contributed by atoms with Gasteiger partial charge < -0.3 is 4.90 Å². The topological polar surface area (TPSA) is 23.6 Å². The minimum Gasteiger partial charge on any atom is -0.366 e. The molecule has 68 valence electrons. The van der Waals surface area contributed by atoms with Gasteiger partial charge in [0.15, 0.2) is 0 Å². The van der Waals surface area contributed by atoms with Crippen LogP contribution in [0, 0.1) is 0 Å². The zero-order valence-corrected chi connectivity index (χ0v) is 9.54. The van der Waals surface area contributed by atoms with Gasteiger partial charge in [-0.1, -0.05) is 5.57 Å². The van der Waals surface area contributed by atoms with Crippen LogP contribution >= 0.6 is 22.9 Å². The molecule has 1 amide bonds. The molecule has 1 saturated heterocycles. The average Bonchev–Trinajstić information content (AvgIpc) is 1.96. The van der Waals surface area contributed by atoms with Crippen LogP contribution in [0.5, 0.6) is 0 Å². The minimum atomic E-state index is 0.194. The maximum atomic E-state index is 11.2. The summed E-state index contributed by atoms with van der Waals surface area (Å²) in [5.41, 5.74) is 1.24. The van der Waals surface area contributed by atoms with Crippen molar-refractivity contribution in [1.29, 1.82) is 0 Å². The number of nitrogens with zero attached hydrogens (tertiary/aromatic N) is 2. The minimum absolute atomic E-state index is 0.194. The predicted molar refractivity (Wildman–Crippen MR) is 56.7 cm³/mol. The van der Waals surface area contributed by atoms with Gasteiger partial charge in [-0.05, 0) is 20.0 Å². The Balaban J connectivity index is 2.51. The molecule has 0 aromatic heterocycles. The van der Waals surface area contributed by atoms with Crippen LogP contribution in [0.3, 0.4) is 0 Å². The fourth-order valence-electron chi connectivity index (χ4n) is 1.15. The summed E-state index contributed by atoms with van der Waals surface area (Å²) in [5.74, 6) is 0.194. The van der Waals surface area contributed by atoms with Gasteiger partial charge in [-0.3, -0.25) is 7.91 Å². The Labute approximate surface area is 86.9 Å². The molecule has 1 rings (SSSR count). The lowest BCUT2D eigenvalue weighted by molar-refractivity contribution is -0.127. The molecule has 12 heavy (non-hydrogen) atoms. The number of carbonyl (C=O) groups is 1. The summed E-state index contributed by atoms with van der Waals surface area (Å²) in [7, 11) is 0. The Kier molecular flexibility index (Phi) is 3.37. The lowest BCUT2D eigenvalue weighted by Gasteiger charge is -2.29. The van der Waals surface area contributed by atoms with Crippen LogP contribution in [0.15, 0.2) is 11.8 Å². The van der Waals surface area contributed by atoms with Crippen LogP contribution in [0.4, 0.5) is 0 Å². The lowest BCUT2D eigenvalue weighted by Crippen LogP contribution is -2.43. The van der Waals surface area contributed by atoms with Crippen LogP contribution in [0.2, 0.25) is 0 Å². The van der Waals surface area contributed by atoms with Gasteiger partial charge in [-0.25, -0.2) is 0 Å². The van der Waals surface area contributed by atoms with Gasteiger partial charge in [0.1, 0.15) is 0 Å². The summed E-state index contributed by atoms with van der Waals surface area (Å²) >= 11 is 2.06. The van der Waals surface area contributed by atoms with Gasteiger partial charge in [0.05, 0.1) is 29.4 Å². The molecule has 4 heteroatoms. The smallest absolute Gasteiger partial charge is 0.250 e. The van der Waals surface area contributed by atoms with Crippen LogP contribution in [-0.4, -0.2) is 33.6 Å². The van der Waals surface area contributed by atoms with E-state index in [4.69, 9.17) is 0 Å². The largest absolute Gasteiger partial charge is 0.366 e. The molecule has 0 atom stereocenters. The second-order valence-electron chi connectivity index (χ2n) is 3.16. The van der Waals surface area contributed by atoms with Crippen LogP contribution in [0.25, 0.3) is 0 Å². The highest BCUT2D eigenvalue weighted by atomic mass is 127. The van der Waals surface area contributed by atoms with Crippen LogP contribution in [0.1, 0.15) is 13.8 Å². The standard InChI is InChI=1S/C8H13IN2O/c1-7(2)5-10-3-4-11(9)8(12)6-10/h5H,3-4,6H2,1-2H3. The third kappa shape index (κ3) is 2.66. The quantitative estimate of drug-likeness (QED) is 0.535. The molecular weight excluding hydrogens is 267 g/mol. The van der Waals surface area contributed by atoms with E-state index in [9.17, 15) is 4.79 Å². The Morgan fingerprint density at radius 2 is 2.17 bits per heavy atom. The first-order valence-electron chi connectivity index (χ1n) is 3.95. The molecule has 1 heterocycles. The molecule has 3 nitrogen and oxygen atoms in total. The second-order valence-corrected chi connectivity index (χ2v) is 4.32. The van der Waals surface area contributed by atoms with Crippen molar-refractivity contribution in [2.75, 3.05) is 19.6 Å². The number of allylic oxidation sites excluding steroid dienone is 1. The first-order chi connectivity index (χ1) is 5.59. The summed E-state index contributed by atoms with van der Waals surface area (Å²) in [4.78, 5) is 13.3. The molecule has 0 saturated carbocycles. The molecular formula is C8H13IN2O. The number of amides is 1. The molecule has 0 aromatic carbocycles. The Morgan fingerprint density at radius 3 is 2.67 bits per heavy atom. The third-order valence-electron chi connectivity index (χ3n) is 1.63. The van der Waals surface area contributed by atoms with Crippen molar-refractivity contribution in [3.05, 3.63) is 11.8 Å². The molecule has 1 aliphatic rings. The van der Waals surface area contributed by atoms with Crippen molar-refractivity contribution in [1.82, 2.24) is 8.01 Å². The van der Waals surface area contributed by atoms with Crippen LogP contribution in [-0.2, 0) is 4.79 Å². The van der Waals surface area contributed by atoms with E-state index in [2.05, 4.69) is 27.8 Å². The van der Waals surface area contributed by atoms with Gasteiger partial charge in [0.25, 0.3) is 5.91 Å². The number of halogens is 1. The summed E-state index contributed by atoms with van der Waals surface area (Å²) in [6, 6.07) is 0. The SMILES string of the molecule is CC(C)=CN1CCN(I)C(=O)C1. The summed E-state index contributed by atoms with van der Waals surface area (Å²) in [6.07, 6.45) is 2.04. The van der Waals surface area contributed by atoms with Crippen molar-refractivity contribution < 1.29 is 4.79 Å². The Morgan fingerprint density at radius 1 is 1.50 bits per heavy atom. The molecule has 1 aliphatic heterocycles. The van der Waals surface area contributed by atoms with E-state index in [1.807, 2.05) is 20.0 Å². The van der Waals surface area contributed by atoms with E-state index >= 15 is 0 Å². The number of piperazine rings is 1. The average molecular weight is 280 g/mol. The van der Waals surface area contributed by atoms with Crippen molar-refractivity contribution >= 4 is 28.8 Å². The van der Waals surface area contributed by atoms with E-state index in [1.165, 1.54) is 5.57 Å². The van der Waals surface area contributed by atoms with E-state index in [0.717, 1.165) is 13.1 Å². The van der Waals surface area contributed by atoms with Crippen molar-refractivity contribution in [3.8, 4) is 0 Å². The highest BCUT2D eigenvalue weighted by Gasteiger charge is 2.19. The molecule has 0 aromatic rings. The molecule has 0 bridgehead atoms. The highest BCUT2D eigenvalue weighted by Crippen LogP contribution is 2.09. The van der Waals surface area contributed by atoms with E-state index < -0.39 is 0 Å². The molecule has 0 radical (unpaired) electrons. The van der Waals surface area contributed by atoms with E-state index in [0.29, 0.717) is 6.54 Å². The fraction of sp³-hybridized carbons (Fsp3) is 0.625. The molecule has 0 N–H and O–H groups in total. The maximum absolute atomic E-state index is 11.2. The molecule has 1 fully saturated rings. The maximum Gasteiger partial charge on any atom is 0.250 e. The summed E-state index contributed by atoms with van der Waals surface area (Å²) < 4.78 is 1.74. The highest BCUT2D eigenvalue weighted by molar-refractivity contribution is 14.1. The molecule has 0 unspecified atom stereocenters. The first-order valence-corrected chi connectivity index (χ1v) is 4.91. The van der Waals surface area contributed by atoms with Crippen molar-refractivity contribution in [3.63, 3.8) is 0 Å². The zero-order chi connectivity index (χ0) is 9.14. The molecule has 0 spiro atoms. The third-order valence-corrected chi connectivity index (χ3v) is 2.65. The van der Waals surface area contributed by atoms with Gasteiger partial charge in [0, 0.05) is 13.1 Å². The van der Waals surface area contributed by atoms with Gasteiger partial charge >= 0.3 is 0 Å². The van der Waals surface area contributed by atoms with Crippen molar-refractivity contribution in [2.45, 2.75) is 13.8 Å². The molecule has 0 aliphatic carbocycles. The zero-order valence-electron chi connectivity index (χ0n) is 7.38. The van der Waals surface area contributed by atoms with E-state index in [1.54, 1.807) is 3.11 Å². The normalized spacial score (nSPS) is 18.1. The van der Waals surface area contributed by atoms with E-state index in [-0.39, 0.29) is 5.91 Å². The van der Waals surface area contributed by atoms with Gasteiger partial charge in [-0.15, -0.1) is 0 Å². The van der Waals surface area contributed by atoms with Crippen LogP contribution < -0.4 is 0 Å². The predicted octanol–water partition coefficient (Wildman–Crippen LogP) is 1.40. The lowest BCUT2D eigenvalue weighted by atomic mass is 10.3. The number of hydrogen-bond acceptors (Lipinski definition) is 2. The number of carbonyl (C=O) groups excluding carboxylic acids is 1. The Hall–Kier alpha value is -0.260. The Bertz CT molecular complexity index is 211.